The van der Waals surface area contributed by atoms with Gasteiger partial charge in [0.1, 0.15) is 5.00 Å². The van der Waals surface area contributed by atoms with Crippen molar-refractivity contribution in [1.29, 1.82) is 0 Å². The van der Waals surface area contributed by atoms with Crippen LogP contribution in [0, 0.1) is 0 Å². The standard InChI is InChI=1S/C14H13N3O2S/c15-12(18)9-5-6-20-14(9)17-13(19)10-7-16-11-4-2-1-3-8(10)11/h1-6,10,16H,7H2,(H2,15,18)(H,17,19). The maximum absolute atomic E-state index is 12.4. The van der Waals surface area contributed by atoms with Crippen LogP contribution in [0.3, 0.4) is 0 Å². The number of thiophene rings is 1. The number of primary amides is 1. The van der Waals surface area contributed by atoms with Crippen molar-refractivity contribution in [3.63, 3.8) is 0 Å². The fraction of sp³-hybridized carbons (Fsp3) is 0.143. The van der Waals surface area contributed by atoms with Crippen molar-refractivity contribution in [3.05, 3.63) is 46.8 Å². The highest BCUT2D eigenvalue weighted by Crippen LogP contribution is 2.32. The summed E-state index contributed by atoms with van der Waals surface area (Å²) in [4.78, 5) is 23.6. The first kappa shape index (κ1) is 12.7. The van der Waals surface area contributed by atoms with Gasteiger partial charge in [-0.15, -0.1) is 11.3 Å². The molecule has 2 amide bonds. The van der Waals surface area contributed by atoms with Gasteiger partial charge in [0.25, 0.3) is 5.91 Å². The fourth-order valence-electron chi connectivity index (χ4n) is 2.32. The van der Waals surface area contributed by atoms with E-state index in [1.54, 1.807) is 11.4 Å². The van der Waals surface area contributed by atoms with Crippen LogP contribution in [0.15, 0.2) is 35.7 Å². The topological polar surface area (TPSA) is 84.2 Å². The minimum absolute atomic E-state index is 0.132. The van der Waals surface area contributed by atoms with Crippen molar-refractivity contribution < 1.29 is 9.59 Å². The molecule has 2 aromatic rings. The van der Waals surface area contributed by atoms with Crippen molar-refractivity contribution >= 4 is 33.8 Å². The van der Waals surface area contributed by atoms with Crippen LogP contribution in [0.1, 0.15) is 21.8 Å². The second-order valence-corrected chi connectivity index (χ2v) is 5.45. The Bertz CT molecular complexity index is 681. The molecule has 3 rings (SSSR count). The number of anilines is 2. The van der Waals surface area contributed by atoms with E-state index in [1.807, 2.05) is 24.3 Å². The maximum atomic E-state index is 12.4. The molecular weight excluding hydrogens is 274 g/mol. The van der Waals surface area contributed by atoms with Crippen LogP contribution in [0.25, 0.3) is 0 Å². The van der Waals surface area contributed by atoms with Crippen LogP contribution in [0.4, 0.5) is 10.7 Å². The fourth-order valence-corrected chi connectivity index (χ4v) is 3.11. The molecule has 0 spiro atoms. The monoisotopic (exact) mass is 287 g/mol. The Morgan fingerprint density at radius 3 is 2.90 bits per heavy atom. The average Bonchev–Trinajstić information content (AvgIpc) is 3.04. The van der Waals surface area contributed by atoms with E-state index in [0.717, 1.165) is 11.3 Å². The number of para-hydroxylation sites is 1. The number of hydrogen-bond acceptors (Lipinski definition) is 4. The Kier molecular flexibility index (Phi) is 3.15. The Hall–Kier alpha value is -2.34. The highest BCUT2D eigenvalue weighted by atomic mass is 32.1. The Balaban J connectivity index is 1.81. The lowest BCUT2D eigenvalue weighted by Gasteiger charge is -2.10. The summed E-state index contributed by atoms with van der Waals surface area (Å²) in [5, 5.41) is 8.23. The molecule has 20 heavy (non-hydrogen) atoms. The van der Waals surface area contributed by atoms with E-state index in [1.165, 1.54) is 11.3 Å². The summed E-state index contributed by atoms with van der Waals surface area (Å²) in [6.07, 6.45) is 0. The third kappa shape index (κ3) is 2.14. The molecule has 1 unspecified atom stereocenters. The minimum Gasteiger partial charge on any atom is -0.384 e. The van der Waals surface area contributed by atoms with Crippen molar-refractivity contribution in [2.24, 2.45) is 5.73 Å². The second kappa shape index (κ2) is 4.97. The largest absolute Gasteiger partial charge is 0.384 e. The zero-order valence-electron chi connectivity index (χ0n) is 10.6. The van der Waals surface area contributed by atoms with Gasteiger partial charge in [0, 0.05) is 12.2 Å². The molecule has 0 fully saturated rings. The summed E-state index contributed by atoms with van der Waals surface area (Å²) in [6.45, 7) is 0.558. The Labute approximate surface area is 119 Å². The van der Waals surface area contributed by atoms with Crippen molar-refractivity contribution in [2.45, 2.75) is 5.92 Å². The van der Waals surface area contributed by atoms with E-state index in [0.29, 0.717) is 17.1 Å². The number of rotatable bonds is 3. The summed E-state index contributed by atoms with van der Waals surface area (Å²) < 4.78 is 0. The van der Waals surface area contributed by atoms with Crippen LogP contribution in [0.5, 0.6) is 0 Å². The lowest BCUT2D eigenvalue weighted by atomic mass is 10.0. The van der Waals surface area contributed by atoms with Crippen LogP contribution in [-0.4, -0.2) is 18.4 Å². The van der Waals surface area contributed by atoms with E-state index in [9.17, 15) is 9.59 Å². The lowest BCUT2D eigenvalue weighted by Crippen LogP contribution is -2.23. The number of carbonyl (C=O) groups excluding carboxylic acids is 2. The van der Waals surface area contributed by atoms with E-state index in [4.69, 9.17) is 5.73 Å². The number of nitrogens with two attached hydrogens (primary N) is 1. The lowest BCUT2D eigenvalue weighted by molar-refractivity contribution is -0.117. The quantitative estimate of drug-likeness (QED) is 0.807. The molecule has 102 valence electrons. The SMILES string of the molecule is NC(=O)c1ccsc1NC(=O)C1CNc2ccccc21. The van der Waals surface area contributed by atoms with Crippen LogP contribution in [0.2, 0.25) is 0 Å². The Morgan fingerprint density at radius 2 is 2.10 bits per heavy atom. The minimum atomic E-state index is -0.536. The van der Waals surface area contributed by atoms with Gasteiger partial charge < -0.3 is 16.4 Å². The van der Waals surface area contributed by atoms with Crippen LogP contribution in [-0.2, 0) is 4.79 Å². The first-order valence-electron chi connectivity index (χ1n) is 6.18. The van der Waals surface area contributed by atoms with Crippen molar-refractivity contribution in [3.8, 4) is 0 Å². The van der Waals surface area contributed by atoms with Gasteiger partial charge in [-0.25, -0.2) is 0 Å². The maximum Gasteiger partial charge on any atom is 0.251 e. The van der Waals surface area contributed by atoms with E-state index in [2.05, 4.69) is 10.6 Å². The van der Waals surface area contributed by atoms with Gasteiger partial charge in [0.2, 0.25) is 5.91 Å². The normalized spacial score (nSPS) is 16.3. The predicted octanol–water partition coefficient (Wildman–Crippen LogP) is 1.99. The van der Waals surface area contributed by atoms with Gasteiger partial charge in [-0.05, 0) is 23.1 Å². The van der Waals surface area contributed by atoms with Crippen molar-refractivity contribution in [1.82, 2.24) is 0 Å². The molecule has 0 saturated carbocycles. The first-order chi connectivity index (χ1) is 9.66. The third-order valence-corrected chi connectivity index (χ3v) is 4.15. The van der Waals surface area contributed by atoms with Crippen molar-refractivity contribution in [2.75, 3.05) is 17.2 Å². The highest BCUT2D eigenvalue weighted by molar-refractivity contribution is 7.14. The summed E-state index contributed by atoms with van der Waals surface area (Å²) in [5.74, 6) is -0.923. The molecule has 4 N–H and O–H groups in total. The Morgan fingerprint density at radius 1 is 1.30 bits per heavy atom. The number of fused-ring (bicyclic) bond motifs is 1. The summed E-state index contributed by atoms with van der Waals surface area (Å²) >= 11 is 1.29. The summed E-state index contributed by atoms with van der Waals surface area (Å²) in [5.41, 5.74) is 7.57. The smallest absolute Gasteiger partial charge is 0.251 e. The third-order valence-electron chi connectivity index (χ3n) is 3.32. The number of amides is 2. The molecule has 5 nitrogen and oxygen atoms in total. The molecular formula is C14H13N3O2S. The second-order valence-electron chi connectivity index (χ2n) is 4.54. The van der Waals surface area contributed by atoms with Gasteiger partial charge in [0.05, 0.1) is 11.5 Å². The molecule has 2 heterocycles. The first-order valence-corrected chi connectivity index (χ1v) is 7.05. The molecule has 6 heteroatoms. The highest BCUT2D eigenvalue weighted by Gasteiger charge is 2.28. The van der Waals surface area contributed by atoms with Crippen LogP contribution >= 0.6 is 11.3 Å². The molecule has 1 aromatic heterocycles. The summed E-state index contributed by atoms with van der Waals surface area (Å²) in [7, 11) is 0. The molecule has 0 saturated heterocycles. The van der Waals surface area contributed by atoms with Gasteiger partial charge >= 0.3 is 0 Å². The van der Waals surface area contributed by atoms with Gasteiger partial charge in [-0.2, -0.15) is 0 Å². The van der Waals surface area contributed by atoms with Gasteiger partial charge in [-0.1, -0.05) is 18.2 Å². The van der Waals surface area contributed by atoms with E-state index in [-0.39, 0.29) is 11.8 Å². The number of carbonyl (C=O) groups is 2. The molecule has 1 aromatic carbocycles. The number of hydrogen-bond donors (Lipinski definition) is 3. The predicted molar refractivity (Wildman–Crippen MR) is 79.1 cm³/mol. The molecule has 0 radical (unpaired) electrons. The average molecular weight is 287 g/mol. The number of nitrogens with one attached hydrogen (secondary N) is 2. The molecule has 1 aliphatic rings. The number of benzene rings is 1. The molecule has 1 atom stereocenters. The summed E-state index contributed by atoms with van der Waals surface area (Å²) in [6, 6.07) is 9.33. The van der Waals surface area contributed by atoms with E-state index >= 15 is 0 Å². The van der Waals surface area contributed by atoms with E-state index < -0.39 is 5.91 Å². The molecule has 0 bridgehead atoms. The van der Waals surface area contributed by atoms with Crippen LogP contribution < -0.4 is 16.4 Å². The zero-order chi connectivity index (χ0) is 14.1. The van der Waals surface area contributed by atoms with Gasteiger partial charge in [-0.3, -0.25) is 9.59 Å². The molecule has 1 aliphatic heterocycles. The van der Waals surface area contributed by atoms with Gasteiger partial charge in [0.15, 0.2) is 0 Å². The molecule has 0 aliphatic carbocycles. The zero-order valence-corrected chi connectivity index (χ0v) is 11.4.